The largest absolute Gasteiger partial charge is 0.135 e. The first-order valence-corrected chi connectivity index (χ1v) is 14.5. The number of hydrogen-bond acceptors (Lipinski definition) is 2. The zero-order valence-corrected chi connectivity index (χ0v) is 22.2. The van der Waals surface area contributed by atoms with Crippen molar-refractivity contribution in [3.63, 3.8) is 0 Å². The van der Waals surface area contributed by atoms with Crippen molar-refractivity contribution in [3.05, 3.63) is 133 Å². The quantitative estimate of drug-likeness (QED) is 0.210. The van der Waals surface area contributed by atoms with Gasteiger partial charge in [0, 0.05) is 30.0 Å². The van der Waals surface area contributed by atoms with Gasteiger partial charge in [0.05, 0.1) is 0 Å². The Kier molecular flexibility index (Phi) is 5.04. The van der Waals surface area contributed by atoms with Gasteiger partial charge >= 0.3 is 0 Å². The maximum Gasteiger partial charge on any atom is 0.0355 e. The van der Waals surface area contributed by atoms with E-state index in [1.807, 2.05) is 23.1 Å². The van der Waals surface area contributed by atoms with Gasteiger partial charge < -0.3 is 0 Å². The van der Waals surface area contributed by atoms with Crippen molar-refractivity contribution < 1.29 is 0 Å². The molecule has 0 nitrogen and oxygen atoms in total. The Morgan fingerprint density at radius 2 is 0.868 bits per heavy atom. The normalized spacial score (nSPS) is 11.8. The molecule has 0 atom stereocenters. The lowest BCUT2D eigenvalue weighted by Crippen LogP contribution is -1.84. The van der Waals surface area contributed by atoms with Crippen molar-refractivity contribution in [2.45, 2.75) is 9.79 Å². The number of hydrogen-bond donors (Lipinski definition) is 0. The topological polar surface area (TPSA) is 0 Å². The molecule has 0 amide bonds. The summed E-state index contributed by atoms with van der Waals surface area (Å²) < 4.78 is 2.70. The lowest BCUT2D eigenvalue weighted by Gasteiger charge is -2.12. The molecular formula is C36H22S2. The minimum atomic E-state index is 1.25. The molecule has 0 saturated carbocycles. The second-order valence-electron chi connectivity index (χ2n) is 9.73. The molecule has 0 N–H and O–H groups in total. The third-order valence-electron chi connectivity index (χ3n) is 7.52. The van der Waals surface area contributed by atoms with E-state index in [4.69, 9.17) is 0 Å². The molecule has 8 aromatic rings. The summed E-state index contributed by atoms with van der Waals surface area (Å²) >= 11 is 3.70. The maximum atomic E-state index is 2.36. The minimum Gasteiger partial charge on any atom is -0.135 e. The Bertz CT molecular complexity index is 2110. The van der Waals surface area contributed by atoms with Crippen LogP contribution in [0.5, 0.6) is 0 Å². The maximum absolute atomic E-state index is 2.36. The van der Waals surface area contributed by atoms with Gasteiger partial charge in [-0.1, -0.05) is 103 Å². The summed E-state index contributed by atoms with van der Waals surface area (Å²) in [6.45, 7) is 0. The smallest absolute Gasteiger partial charge is 0.0355 e. The van der Waals surface area contributed by atoms with Crippen LogP contribution in [0.1, 0.15) is 0 Å². The van der Waals surface area contributed by atoms with Crippen molar-refractivity contribution in [1.82, 2.24) is 0 Å². The third-order valence-corrected chi connectivity index (χ3v) is 9.67. The summed E-state index contributed by atoms with van der Waals surface area (Å²) in [5.74, 6) is 0. The minimum absolute atomic E-state index is 1.25. The standard InChI is InChI=1S/C36H22S2/c1-2-9-29-27(7-1)28-8-3-4-10-30(28)33-22-26(18-19-31(29)33)37-25-16-13-23(14-17-25)24-15-20-36-34(21-24)32-11-5-6-12-35(32)38-36/h1-22H. The summed E-state index contributed by atoms with van der Waals surface area (Å²) in [6, 6.07) is 49.0. The number of fused-ring (bicyclic) bond motifs is 9. The molecular weight excluding hydrogens is 497 g/mol. The Balaban J connectivity index is 1.16. The molecule has 2 heteroatoms. The number of thiophene rings is 1. The van der Waals surface area contributed by atoms with Crippen molar-refractivity contribution >= 4 is 75.6 Å². The van der Waals surface area contributed by atoms with Gasteiger partial charge in [-0.3, -0.25) is 0 Å². The summed E-state index contributed by atoms with van der Waals surface area (Å²) in [4.78, 5) is 2.51. The zero-order valence-electron chi connectivity index (χ0n) is 20.5. The van der Waals surface area contributed by atoms with E-state index in [1.165, 1.54) is 73.4 Å². The first kappa shape index (κ1) is 21.9. The molecule has 178 valence electrons. The van der Waals surface area contributed by atoms with Gasteiger partial charge in [0.25, 0.3) is 0 Å². The van der Waals surface area contributed by atoms with Crippen LogP contribution in [0.4, 0.5) is 0 Å². The van der Waals surface area contributed by atoms with Gasteiger partial charge in [-0.25, -0.2) is 0 Å². The zero-order chi connectivity index (χ0) is 25.1. The fourth-order valence-electron chi connectivity index (χ4n) is 5.71. The number of rotatable bonds is 3. The van der Waals surface area contributed by atoms with Gasteiger partial charge in [-0.15, -0.1) is 11.3 Å². The molecule has 38 heavy (non-hydrogen) atoms. The second-order valence-corrected chi connectivity index (χ2v) is 12.0. The molecule has 1 heterocycles. The van der Waals surface area contributed by atoms with Crippen LogP contribution >= 0.6 is 23.1 Å². The Morgan fingerprint density at radius 3 is 1.58 bits per heavy atom. The van der Waals surface area contributed by atoms with Crippen LogP contribution in [0.25, 0.3) is 63.6 Å². The highest BCUT2D eigenvalue weighted by molar-refractivity contribution is 7.99. The molecule has 0 aliphatic heterocycles. The van der Waals surface area contributed by atoms with Gasteiger partial charge in [-0.2, -0.15) is 0 Å². The fraction of sp³-hybridized carbons (Fsp3) is 0. The van der Waals surface area contributed by atoms with E-state index < -0.39 is 0 Å². The predicted octanol–water partition coefficient (Wildman–Crippen LogP) is 11.3. The highest BCUT2D eigenvalue weighted by Gasteiger charge is 2.10. The van der Waals surface area contributed by atoms with Crippen LogP contribution in [0.3, 0.4) is 0 Å². The molecule has 0 aliphatic carbocycles. The van der Waals surface area contributed by atoms with E-state index in [1.54, 1.807) is 0 Å². The molecule has 8 rings (SSSR count). The van der Waals surface area contributed by atoms with Crippen LogP contribution < -0.4 is 0 Å². The monoisotopic (exact) mass is 518 g/mol. The summed E-state index contributed by atoms with van der Waals surface area (Å²) in [5.41, 5.74) is 2.52. The molecule has 7 aromatic carbocycles. The van der Waals surface area contributed by atoms with Crippen molar-refractivity contribution in [2.75, 3.05) is 0 Å². The molecule has 0 aliphatic rings. The van der Waals surface area contributed by atoms with E-state index in [2.05, 4.69) is 133 Å². The molecule has 0 spiro atoms. The number of benzene rings is 7. The lowest BCUT2D eigenvalue weighted by atomic mass is 9.94. The van der Waals surface area contributed by atoms with E-state index in [-0.39, 0.29) is 0 Å². The lowest BCUT2D eigenvalue weighted by molar-refractivity contribution is 1.42. The molecule has 1 aromatic heterocycles. The van der Waals surface area contributed by atoms with Crippen molar-refractivity contribution in [2.24, 2.45) is 0 Å². The van der Waals surface area contributed by atoms with Gasteiger partial charge in [0.15, 0.2) is 0 Å². The van der Waals surface area contributed by atoms with Crippen LogP contribution in [0.15, 0.2) is 143 Å². The van der Waals surface area contributed by atoms with Crippen molar-refractivity contribution in [3.8, 4) is 11.1 Å². The van der Waals surface area contributed by atoms with E-state index in [9.17, 15) is 0 Å². The molecule has 0 saturated heterocycles. The molecule has 0 unspecified atom stereocenters. The fourth-order valence-corrected chi connectivity index (χ4v) is 7.65. The Labute approximate surface area is 229 Å². The van der Waals surface area contributed by atoms with Crippen LogP contribution in [-0.4, -0.2) is 0 Å². The third kappa shape index (κ3) is 3.53. The first-order chi connectivity index (χ1) is 18.8. The van der Waals surface area contributed by atoms with E-state index >= 15 is 0 Å². The highest BCUT2D eigenvalue weighted by Crippen LogP contribution is 2.39. The Morgan fingerprint density at radius 1 is 0.342 bits per heavy atom. The highest BCUT2D eigenvalue weighted by atomic mass is 32.2. The van der Waals surface area contributed by atoms with Gasteiger partial charge in [-0.05, 0) is 85.9 Å². The van der Waals surface area contributed by atoms with Gasteiger partial charge in [0.2, 0.25) is 0 Å². The molecule has 0 fully saturated rings. The average molecular weight is 519 g/mol. The average Bonchev–Trinajstić information content (AvgIpc) is 3.36. The summed E-state index contributed by atoms with van der Waals surface area (Å²) in [7, 11) is 0. The second kappa shape index (κ2) is 8.73. The van der Waals surface area contributed by atoms with Crippen LogP contribution in [-0.2, 0) is 0 Å². The predicted molar refractivity (Wildman–Crippen MR) is 168 cm³/mol. The van der Waals surface area contributed by atoms with E-state index in [0.717, 1.165) is 0 Å². The summed E-state index contributed by atoms with van der Waals surface area (Å²) in [5, 5.41) is 10.6. The van der Waals surface area contributed by atoms with Crippen LogP contribution in [0, 0.1) is 0 Å². The van der Waals surface area contributed by atoms with Crippen LogP contribution in [0.2, 0.25) is 0 Å². The van der Waals surface area contributed by atoms with Crippen molar-refractivity contribution in [1.29, 1.82) is 0 Å². The SMILES string of the molecule is c1ccc2c(c1)sc1ccc(-c3ccc(Sc4ccc5c6ccccc6c6ccccc6c5c4)cc3)cc12. The Hall–Kier alpha value is -4.11. The molecule has 0 radical (unpaired) electrons. The first-order valence-electron chi connectivity index (χ1n) is 12.8. The summed E-state index contributed by atoms with van der Waals surface area (Å²) in [6.07, 6.45) is 0. The molecule has 0 bridgehead atoms. The van der Waals surface area contributed by atoms with E-state index in [0.29, 0.717) is 0 Å². The van der Waals surface area contributed by atoms with Gasteiger partial charge in [0.1, 0.15) is 0 Å².